The van der Waals surface area contributed by atoms with E-state index in [9.17, 15) is 0 Å². The standard InChI is InChI=1S/C6H8N2/c1-7-6-5-2-4(5)3-8-6/h4-6,8H,2-3H2. The second-order valence-electron chi connectivity index (χ2n) is 2.64. The zero-order valence-electron chi connectivity index (χ0n) is 4.59. The van der Waals surface area contributed by atoms with Crippen LogP contribution in [-0.4, -0.2) is 12.7 Å². The van der Waals surface area contributed by atoms with Crippen LogP contribution in [0.1, 0.15) is 6.42 Å². The highest BCUT2D eigenvalue weighted by atomic mass is 15.1. The van der Waals surface area contributed by atoms with Crippen molar-refractivity contribution in [2.24, 2.45) is 11.8 Å². The Morgan fingerprint density at radius 3 is 2.75 bits per heavy atom. The van der Waals surface area contributed by atoms with E-state index in [4.69, 9.17) is 6.57 Å². The lowest BCUT2D eigenvalue weighted by Gasteiger charge is -1.95. The minimum absolute atomic E-state index is 0.181. The SMILES string of the molecule is [C-]#[N+]C1NCC2CC21. The van der Waals surface area contributed by atoms with Crippen molar-refractivity contribution in [3.05, 3.63) is 11.4 Å². The predicted octanol–water partition coefficient (Wildman–Crippen LogP) is 0.471. The van der Waals surface area contributed by atoms with Crippen molar-refractivity contribution in [3.8, 4) is 0 Å². The molecule has 0 radical (unpaired) electrons. The Labute approximate surface area is 48.7 Å². The zero-order chi connectivity index (χ0) is 5.56. The first-order valence-electron chi connectivity index (χ1n) is 3.02. The summed E-state index contributed by atoms with van der Waals surface area (Å²) in [6.45, 7) is 7.81. The van der Waals surface area contributed by atoms with E-state index in [2.05, 4.69) is 10.2 Å². The molecule has 1 N–H and O–H groups in total. The van der Waals surface area contributed by atoms with Crippen LogP contribution in [0, 0.1) is 18.4 Å². The Bertz CT molecular complexity index is 147. The molecule has 2 nitrogen and oxygen atoms in total. The minimum Gasteiger partial charge on any atom is -0.296 e. The summed E-state index contributed by atoms with van der Waals surface area (Å²) in [4.78, 5) is 3.45. The van der Waals surface area contributed by atoms with Gasteiger partial charge in [0.15, 0.2) is 0 Å². The highest BCUT2D eigenvalue weighted by molar-refractivity contribution is 5.05. The number of fused-ring (bicyclic) bond motifs is 1. The molecule has 0 amide bonds. The van der Waals surface area contributed by atoms with Crippen molar-refractivity contribution in [2.75, 3.05) is 6.54 Å². The fourth-order valence-corrected chi connectivity index (χ4v) is 1.46. The molecule has 1 saturated carbocycles. The molecule has 0 aromatic rings. The zero-order valence-corrected chi connectivity index (χ0v) is 4.59. The first-order chi connectivity index (χ1) is 3.92. The Morgan fingerprint density at radius 2 is 2.50 bits per heavy atom. The molecule has 3 unspecified atom stereocenters. The maximum atomic E-state index is 6.72. The summed E-state index contributed by atoms with van der Waals surface area (Å²) in [5, 5.41) is 3.15. The number of nitrogens with zero attached hydrogens (tertiary/aromatic N) is 1. The summed E-state index contributed by atoms with van der Waals surface area (Å²) in [5.74, 6) is 1.60. The molecule has 42 valence electrons. The third-order valence-corrected chi connectivity index (χ3v) is 2.11. The Kier molecular flexibility index (Phi) is 0.671. The molecule has 1 aliphatic heterocycles. The maximum absolute atomic E-state index is 6.72. The van der Waals surface area contributed by atoms with Crippen LogP contribution >= 0.6 is 0 Å². The molecule has 2 fully saturated rings. The number of hydrogen-bond acceptors (Lipinski definition) is 1. The summed E-state index contributed by atoms with van der Waals surface area (Å²) in [6, 6.07) is 0. The molecule has 0 spiro atoms. The van der Waals surface area contributed by atoms with Gasteiger partial charge in [-0.05, 0) is 12.3 Å². The lowest BCUT2D eigenvalue weighted by atomic mass is 10.3. The number of piperidine rings is 1. The van der Waals surface area contributed by atoms with Gasteiger partial charge in [0.1, 0.15) is 0 Å². The molecule has 0 aromatic carbocycles. The Morgan fingerprint density at radius 1 is 1.62 bits per heavy atom. The molecule has 1 aliphatic carbocycles. The topological polar surface area (TPSA) is 16.4 Å². The van der Waals surface area contributed by atoms with E-state index >= 15 is 0 Å². The lowest BCUT2D eigenvalue weighted by Crippen LogP contribution is -2.21. The largest absolute Gasteiger partial charge is 0.296 e. The molecule has 2 aliphatic rings. The van der Waals surface area contributed by atoms with Gasteiger partial charge in [-0.15, -0.1) is 0 Å². The monoisotopic (exact) mass is 108 g/mol. The van der Waals surface area contributed by atoms with E-state index in [0.717, 1.165) is 18.4 Å². The number of nitrogens with one attached hydrogen (secondary N) is 1. The van der Waals surface area contributed by atoms with Crippen LogP contribution < -0.4 is 5.32 Å². The minimum atomic E-state index is 0.181. The lowest BCUT2D eigenvalue weighted by molar-refractivity contribution is 0.626. The quantitative estimate of drug-likeness (QED) is 0.446. The van der Waals surface area contributed by atoms with Crippen LogP contribution in [0.2, 0.25) is 0 Å². The summed E-state index contributed by atoms with van der Waals surface area (Å²) in [6.07, 6.45) is 1.49. The van der Waals surface area contributed by atoms with Crippen molar-refractivity contribution in [3.63, 3.8) is 0 Å². The van der Waals surface area contributed by atoms with Crippen molar-refractivity contribution >= 4 is 0 Å². The van der Waals surface area contributed by atoms with E-state index in [1.165, 1.54) is 6.42 Å². The molecule has 0 aromatic heterocycles. The third-order valence-electron chi connectivity index (χ3n) is 2.11. The molecule has 3 atom stereocenters. The average molecular weight is 108 g/mol. The van der Waals surface area contributed by atoms with Crippen molar-refractivity contribution < 1.29 is 0 Å². The Hall–Kier alpha value is -0.550. The van der Waals surface area contributed by atoms with Crippen LogP contribution in [0.5, 0.6) is 0 Å². The van der Waals surface area contributed by atoms with E-state index in [1.807, 2.05) is 0 Å². The van der Waals surface area contributed by atoms with Crippen LogP contribution in [0.15, 0.2) is 0 Å². The van der Waals surface area contributed by atoms with Crippen LogP contribution in [0.25, 0.3) is 4.85 Å². The smallest absolute Gasteiger partial charge is 0.280 e. The van der Waals surface area contributed by atoms with E-state index in [1.54, 1.807) is 0 Å². The second-order valence-corrected chi connectivity index (χ2v) is 2.64. The van der Waals surface area contributed by atoms with Gasteiger partial charge in [-0.25, -0.2) is 11.9 Å². The van der Waals surface area contributed by atoms with Gasteiger partial charge in [0.2, 0.25) is 0 Å². The highest BCUT2D eigenvalue weighted by Crippen LogP contribution is 2.45. The van der Waals surface area contributed by atoms with E-state index in [0.29, 0.717) is 0 Å². The second kappa shape index (κ2) is 1.24. The third kappa shape index (κ3) is 0.399. The number of hydrogen-bond donors (Lipinski definition) is 1. The number of rotatable bonds is 0. The first-order valence-corrected chi connectivity index (χ1v) is 3.02. The van der Waals surface area contributed by atoms with Gasteiger partial charge in [-0.1, -0.05) is 0 Å². The van der Waals surface area contributed by atoms with Gasteiger partial charge in [0.25, 0.3) is 6.17 Å². The van der Waals surface area contributed by atoms with Gasteiger partial charge in [-0.2, -0.15) is 0 Å². The van der Waals surface area contributed by atoms with Crippen LogP contribution in [0.3, 0.4) is 0 Å². The fourth-order valence-electron chi connectivity index (χ4n) is 1.46. The fraction of sp³-hybridized carbons (Fsp3) is 0.833. The molecule has 0 bridgehead atoms. The normalized spacial score (nSPS) is 50.1. The molecule has 1 heterocycles. The van der Waals surface area contributed by atoms with Gasteiger partial charge in [-0.3, -0.25) is 4.85 Å². The predicted molar refractivity (Wildman–Crippen MR) is 30.0 cm³/mol. The molecule has 2 heteroatoms. The van der Waals surface area contributed by atoms with Crippen molar-refractivity contribution in [2.45, 2.75) is 12.6 Å². The first kappa shape index (κ1) is 4.34. The summed E-state index contributed by atoms with van der Waals surface area (Å²) < 4.78 is 0. The Balaban J connectivity index is 2.09. The van der Waals surface area contributed by atoms with Crippen molar-refractivity contribution in [1.82, 2.24) is 5.32 Å². The van der Waals surface area contributed by atoms with Crippen molar-refractivity contribution in [1.29, 1.82) is 0 Å². The van der Waals surface area contributed by atoms with E-state index in [-0.39, 0.29) is 6.17 Å². The van der Waals surface area contributed by atoms with Gasteiger partial charge in [0, 0.05) is 6.54 Å². The van der Waals surface area contributed by atoms with E-state index < -0.39 is 0 Å². The van der Waals surface area contributed by atoms with Crippen LogP contribution in [-0.2, 0) is 0 Å². The van der Waals surface area contributed by atoms with Gasteiger partial charge >= 0.3 is 0 Å². The van der Waals surface area contributed by atoms with Crippen LogP contribution in [0.4, 0.5) is 0 Å². The molecule has 8 heavy (non-hydrogen) atoms. The highest BCUT2D eigenvalue weighted by Gasteiger charge is 2.52. The molecule has 1 saturated heterocycles. The van der Waals surface area contributed by atoms with Gasteiger partial charge < -0.3 is 0 Å². The summed E-state index contributed by atoms with van der Waals surface area (Å²) in [7, 11) is 0. The van der Waals surface area contributed by atoms with Gasteiger partial charge in [0.05, 0.1) is 5.92 Å². The molecular formula is C6H8N2. The molecular weight excluding hydrogens is 100 g/mol. The maximum Gasteiger partial charge on any atom is 0.280 e. The summed E-state index contributed by atoms with van der Waals surface area (Å²) in [5.41, 5.74) is 0. The summed E-state index contributed by atoms with van der Waals surface area (Å²) >= 11 is 0. The average Bonchev–Trinajstić information content (AvgIpc) is 2.46. The molecule has 2 rings (SSSR count).